The highest BCUT2D eigenvalue weighted by atomic mass is 35.5. The Kier molecular flexibility index (Phi) is 6.25. The van der Waals surface area contributed by atoms with E-state index in [2.05, 4.69) is 15.3 Å². The average molecular weight is 504 g/mol. The minimum atomic E-state index is -4.74. The van der Waals surface area contributed by atoms with Crippen LogP contribution < -0.4 is 10.7 Å². The Balaban J connectivity index is 1.96. The molecule has 1 atom stereocenters. The van der Waals surface area contributed by atoms with Gasteiger partial charge in [0, 0.05) is 17.3 Å². The van der Waals surface area contributed by atoms with Crippen LogP contribution in [0.3, 0.4) is 0 Å². The number of halogens is 4. The lowest BCUT2D eigenvalue weighted by molar-refractivity contribution is -0.137. The average Bonchev–Trinajstić information content (AvgIpc) is 2.81. The summed E-state index contributed by atoms with van der Waals surface area (Å²) in [5, 5.41) is 12.0. The van der Waals surface area contributed by atoms with Crippen molar-refractivity contribution in [1.82, 2.24) is 9.97 Å². The predicted molar refractivity (Wildman–Crippen MR) is 124 cm³/mol. The van der Waals surface area contributed by atoms with Gasteiger partial charge in [0.25, 0.3) is 0 Å². The Morgan fingerprint density at radius 2 is 1.94 bits per heavy atom. The maximum atomic E-state index is 13.7. The fraction of sp³-hybridized carbons (Fsp3) is 0.167. The number of rotatable bonds is 5. The van der Waals surface area contributed by atoms with E-state index in [-0.39, 0.29) is 38.7 Å². The highest BCUT2D eigenvalue weighted by Crippen LogP contribution is 2.37. The zero-order valence-electron chi connectivity index (χ0n) is 18.3. The number of pyridine rings is 2. The maximum absolute atomic E-state index is 13.7. The quantitative estimate of drug-likeness (QED) is 0.317. The van der Waals surface area contributed by atoms with Crippen LogP contribution in [0, 0.1) is 6.92 Å². The van der Waals surface area contributed by atoms with Gasteiger partial charge in [-0.05, 0) is 50.2 Å². The van der Waals surface area contributed by atoms with E-state index in [1.807, 2.05) is 0 Å². The molecule has 2 N–H and O–H groups in total. The van der Waals surface area contributed by atoms with Gasteiger partial charge in [-0.2, -0.15) is 13.2 Å². The number of nitrogens with one attached hydrogen (secondary N) is 1. The minimum absolute atomic E-state index is 0.00426. The van der Waals surface area contributed by atoms with Crippen LogP contribution >= 0.6 is 11.6 Å². The molecule has 0 saturated heterocycles. The second-order valence-corrected chi connectivity index (χ2v) is 8.13. The van der Waals surface area contributed by atoms with E-state index in [0.29, 0.717) is 5.69 Å². The predicted octanol–water partition coefficient (Wildman–Crippen LogP) is 6.10. The number of carbonyl (C=O) groups is 1. The lowest BCUT2D eigenvalue weighted by atomic mass is 9.98. The highest BCUT2D eigenvalue weighted by molar-refractivity contribution is 6.29. The van der Waals surface area contributed by atoms with Crippen molar-refractivity contribution < 1.29 is 27.5 Å². The van der Waals surface area contributed by atoms with Gasteiger partial charge in [0.2, 0.25) is 0 Å². The maximum Gasteiger partial charge on any atom is 0.416 e. The molecule has 0 aliphatic heterocycles. The summed E-state index contributed by atoms with van der Waals surface area (Å²) in [5.74, 6) is -1.26. The van der Waals surface area contributed by atoms with Crippen LogP contribution in [-0.4, -0.2) is 21.0 Å². The number of benzene rings is 1. The summed E-state index contributed by atoms with van der Waals surface area (Å²) in [5.41, 5.74) is -1.69. The fourth-order valence-corrected chi connectivity index (χ4v) is 3.82. The molecular weight excluding hydrogens is 487 g/mol. The number of carboxylic acid groups (broad SMARTS) is 1. The Hall–Kier alpha value is -3.92. The van der Waals surface area contributed by atoms with Gasteiger partial charge in [-0.15, -0.1) is 0 Å². The number of carboxylic acids is 1. The fourth-order valence-electron chi connectivity index (χ4n) is 3.67. The SMILES string of the molecule is Cc1c(-c2ccccn2)oc2c([C@@H](C)Nc3ccc(Cl)nc3C(=O)O)cc(C(F)(F)F)cc2c1=O. The zero-order valence-corrected chi connectivity index (χ0v) is 19.0. The third-order valence-electron chi connectivity index (χ3n) is 5.37. The van der Waals surface area contributed by atoms with E-state index in [4.69, 9.17) is 16.0 Å². The van der Waals surface area contributed by atoms with E-state index >= 15 is 0 Å². The molecule has 0 unspecified atom stereocenters. The van der Waals surface area contributed by atoms with Crippen LogP contribution in [0.4, 0.5) is 18.9 Å². The molecule has 1 aromatic carbocycles. The lowest BCUT2D eigenvalue weighted by Gasteiger charge is -2.20. The molecule has 0 aliphatic carbocycles. The van der Waals surface area contributed by atoms with Crippen molar-refractivity contribution >= 4 is 34.2 Å². The largest absolute Gasteiger partial charge is 0.476 e. The molecule has 4 rings (SSSR count). The van der Waals surface area contributed by atoms with Crippen LogP contribution in [0.25, 0.3) is 22.4 Å². The summed E-state index contributed by atoms with van der Waals surface area (Å²) in [4.78, 5) is 32.7. The summed E-state index contributed by atoms with van der Waals surface area (Å²) < 4.78 is 47.1. The smallest absolute Gasteiger partial charge is 0.416 e. The van der Waals surface area contributed by atoms with Crippen molar-refractivity contribution in [2.24, 2.45) is 0 Å². The second kappa shape index (κ2) is 9.03. The topological polar surface area (TPSA) is 105 Å². The number of fused-ring (bicyclic) bond motifs is 1. The monoisotopic (exact) mass is 503 g/mol. The Bertz CT molecular complexity index is 1500. The normalized spacial score (nSPS) is 12.5. The molecule has 180 valence electrons. The van der Waals surface area contributed by atoms with Crippen molar-refractivity contribution in [1.29, 1.82) is 0 Å². The first-order valence-electron chi connectivity index (χ1n) is 10.2. The molecule has 0 bridgehead atoms. The number of alkyl halides is 3. The van der Waals surface area contributed by atoms with Gasteiger partial charge in [-0.3, -0.25) is 9.78 Å². The molecule has 7 nitrogen and oxygen atoms in total. The molecule has 0 fully saturated rings. The van der Waals surface area contributed by atoms with Crippen molar-refractivity contribution in [2.45, 2.75) is 26.1 Å². The van der Waals surface area contributed by atoms with E-state index < -0.39 is 34.9 Å². The molecule has 0 amide bonds. The van der Waals surface area contributed by atoms with Crippen LogP contribution in [-0.2, 0) is 6.18 Å². The van der Waals surface area contributed by atoms with Crippen LogP contribution in [0.1, 0.15) is 40.1 Å². The number of aromatic nitrogens is 2. The van der Waals surface area contributed by atoms with Crippen molar-refractivity contribution in [3.8, 4) is 11.5 Å². The van der Waals surface area contributed by atoms with Crippen molar-refractivity contribution in [3.05, 3.63) is 86.4 Å². The van der Waals surface area contributed by atoms with Crippen LogP contribution in [0.15, 0.2) is 57.9 Å². The van der Waals surface area contributed by atoms with Gasteiger partial charge in [0.1, 0.15) is 16.4 Å². The molecule has 35 heavy (non-hydrogen) atoms. The van der Waals surface area contributed by atoms with E-state index in [0.717, 1.165) is 12.1 Å². The third kappa shape index (κ3) is 4.69. The number of nitrogens with zero attached hydrogens (tertiary/aromatic N) is 2. The molecule has 4 aromatic rings. The van der Waals surface area contributed by atoms with E-state index in [1.54, 1.807) is 18.2 Å². The minimum Gasteiger partial charge on any atom is -0.476 e. The molecule has 11 heteroatoms. The van der Waals surface area contributed by atoms with Crippen LogP contribution in [0.2, 0.25) is 5.15 Å². The molecule has 0 saturated carbocycles. The molecule has 3 heterocycles. The summed E-state index contributed by atoms with van der Waals surface area (Å²) in [6.07, 6.45) is -3.24. The first kappa shape index (κ1) is 24.2. The molecular formula is C24H17ClF3N3O4. The third-order valence-corrected chi connectivity index (χ3v) is 5.59. The Labute approximate surface area is 201 Å². The van der Waals surface area contributed by atoms with E-state index in [1.165, 1.54) is 32.2 Å². The van der Waals surface area contributed by atoms with Gasteiger partial charge in [0.05, 0.1) is 22.7 Å². The van der Waals surface area contributed by atoms with Crippen molar-refractivity contribution in [2.75, 3.05) is 5.32 Å². The summed E-state index contributed by atoms with van der Waals surface area (Å²) >= 11 is 5.79. The van der Waals surface area contributed by atoms with Gasteiger partial charge in [0.15, 0.2) is 16.9 Å². The zero-order chi connectivity index (χ0) is 25.5. The number of hydrogen-bond donors (Lipinski definition) is 2. The molecule has 0 aliphatic rings. The second-order valence-electron chi connectivity index (χ2n) is 7.74. The first-order chi connectivity index (χ1) is 16.5. The van der Waals surface area contributed by atoms with Crippen molar-refractivity contribution in [3.63, 3.8) is 0 Å². The summed E-state index contributed by atoms with van der Waals surface area (Å²) in [7, 11) is 0. The Morgan fingerprint density at radius 1 is 1.20 bits per heavy atom. The standard InChI is InChI=1S/C24H17ClF3N3O4/c1-11-20(32)15-10-13(24(26,27)28)9-14(22(15)35-21(11)17-5-3-4-8-29-17)12(2)30-16-6-7-18(25)31-19(16)23(33)34/h3-10,12,30H,1-2H3,(H,33,34)/t12-/m1/s1. The van der Waals surface area contributed by atoms with Gasteiger partial charge >= 0.3 is 12.1 Å². The van der Waals surface area contributed by atoms with E-state index in [9.17, 15) is 27.9 Å². The molecule has 0 radical (unpaired) electrons. The number of hydrogen-bond acceptors (Lipinski definition) is 6. The number of aromatic carboxylic acids is 1. The van der Waals surface area contributed by atoms with Crippen LogP contribution in [0.5, 0.6) is 0 Å². The molecule has 0 spiro atoms. The van der Waals surface area contributed by atoms with Gasteiger partial charge < -0.3 is 14.8 Å². The lowest BCUT2D eigenvalue weighted by Crippen LogP contribution is -2.16. The summed E-state index contributed by atoms with van der Waals surface area (Å²) in [6, 6.07) is 8.35. The number of anilines is 1. The first-order valence-corrected chi connectivity index (χ1v) is 10.6. The summed E-state index contributed by atoms with van der Waals surface area (Å²) in [6.45, 7) is 2.96. The van der Waals surface area contributed by atoms with Gasteiger partial charge in [-0.25, -0.2) is 9.78 Å². The van der Waals surface area contributed by atoms with Gasteiger partial charge in [-0.1, -0.05) is 17.7 Å². The molecule has 3 aromatic heterocycles. The highest BCUT2D eigenvalue weighted by Gasteiger charge is 2.33. The Morgan fingerprint density at radius 3 is 2.57 bits per heavy atom.